The SMILES string of the molecule is CCOCc1nc2cnc3ccc(N4CCOC4=O)cc3c2n1CC(C)(C)O. The fourth-order valence-corrected chi connectivity index (χ4v) is 3.51. The van der Waals surface area contributed by atoms with Gasteiger partial charge in [0.05, 0.1) is 35.9 Å². The van der Waals surface area contributed by atoms with Crippen LogP contribution in [0, 0.1) is 0 Å². The van der Waals surface area contributed by atoms with E-state index in [4.69, 9.17) is 9.47 Å². The molecule has 2 aromatic heterocycles. The number of aromatic nitrogens is 3. The lowest BCUT2D eigenvalue weighted by molar-refractivity contribution is 0.0582. The summed E-state index contributed by atoms with van der Waals surface area (Å²) in [7, 11) is 0. The van der Waals surface area contributed by atoms with Crippen molar-refractivity contribution in [3.63, 3.8) is 0 Å². The van der Waals surface area contributed by atoms with Crippen molar-refractivity contribution in [1.82, 2.24) is 14.5 Å². The summed E-state index contributed by atoms with van der Waals surface area (Å²) in [6.07, 6.45) is 1.39. The Labute approximate surface area is 162 Å². The maximum absolute atomic E-state index is 12.0. The van der Waals surface area contributed by atoms with E-state index in [0.29, 0.717) is 32.9 Å². The van der Waals surface area contributed by atoms with Gasteiger partial charge in [-0.1, -0.05) is 0 Å². The molecule has 1 aromatic carbocycles. The molecule has 0 bridgehead atoms. The minimum absolute atomic E-state index is 0.346. The normalized spacial score (nSPS) is 15.0. The maximum Gasteiger partial charge on any atom is 0.414 e. The van der Waals surface area contributed by atoms with Gasteiger partial charge in [0.1, 0.15) is 24.6 Å². The number of carbonyl (C=O) groups excluding carboxylic acids is 1. The van der Waals surface area contributed by atoms with Gasteiger partial charge in [-0.15, -0.1) is 0 Å². The van der Waals surface area contributed by atoms with Crippen molar-refractivity contribution in [2.45, 2.75) is 39.5 Å². The summed E-state index contributed by atoms with van der Waals surface area (Å²) >= 11 is 0. The Kier molecular flexibility index (Phi) is 4.68. The molecule has 3 aromatic rings. The molecule has 148 valence electrons. The van der Waals surface area contributed by atoms with Crippen molar-refractivity contribution in [2.24, 2.45) is 0 Å². The van der Waals surface area contributed by atoms with Crippen molar-refractivity contribution in [2.75, 3.05) is 24.7 Å². The molecular formula is C20H24N4O4. The second-order valence-corrected chi connectivity index (χ2v) is 7.52. The lowest BCUT2D eigenvalue weighted by Crippen LogP contribution is -2.27. The molecule has 4 rings (SSSR count). The third-order valence-corrected chi connectivity index (χ3v) is 4.69. The molecule has 28 heavy (non-hydrogen) atoms. The first-order chi connectivity index (χ1) is 13.4. The van der Waals surface area contributed by atoms with Gasteiger partial charge in [-0.05, 0) is 39.0 Å². The fraction of sp³-hybridized carbons (Fsp3) is 0.450. The highest BCUT2D eigenvalue weighted by atomic mass is 16.6. The lowest BCUT2D eigenvalue weighted by Gasteiger charge is -2.21. The topological polar surface area (TPSA) is 89.7 Å². The van der Waals surface area contributed by atoms with E-state index in [-0.39, 0.29) is 6.09 Å². The minimum atomic E-state index is -0.930. The van der Waals surface area contributed by atoms with Gasteiger partial charge in [-0.2, -0.15) is 0 Å². The Bertz CT molecular complexity index is 1040. The Balaban J connectivity index is 1.93. The second kappa shape index (κ2) is 7.03. The van der Waals surface area contributed by atoms with Crippen LogP contribution in [0.15, 0.2) is 24.4 Å². The van der Waals surface area contributed by atoms with Crippen molar-refractivity contribution in [1.29, 1.82) is 0 Å². The fourth-order valence-electron chi connectivity index (χ4n) is 3.51. The van der Waals surface area contributed by atoms with Crippen molar-refractivity contribution in [3.8, 4) is 0 Å². The van der Waals surface area contributed by atoms with E-state index in [2.05, 4.69) is 9.97 Å². The van der Waals surface area contributed by atoms with Crippen LogP contribution >= 0.6 is 0 Å². The van der Waals surface area contributed by atoms with E-state index in [9.17, 15) is 9.90 Å². The molecule has 1 aliphatic rings. The van der Waals surface area contributed by atoms with E-state index >= 15 is 0 Å². The predicted octanol–water partition coefficient (Wildman–Crippen LogP) is 2.85. The maximum atomic E-state index is 12.0. The van der Waals surface area contributed by atoms with Gasteiger partial charge in [0, 0.05) is 17.7 Å². The molecule has 0 unspecified atom stereocenters. The number of anilines is 1. The number of pyridine rings is 1. The Hall–Kier alpha value is -2.71. The monoisotopic (exact) mass is 384 g/mol. The number of rotatable bonds is 6. The molecule has 0 spiro atoms. The smallest absolute Gasteiger partial charge is 0.414 e. The minimum Gasteiger partial charge on any atom is -0.447 e. The van der Waals surface area contributed by atoms with Gasteiger partial charge in [0.15, 0.2) is 0 Å². The molecule has 0 radical (unpaired) electrons. The molecule has 0 aliphatic carbocycles. The first kappa shape index (κ1) is 18.6. The second-order valence-electron chi connectivity index (χ2n) is 7.52. The van der Waals surface area contributed by atoms with Crippen LogP contribution in [-0.2, 0) is 22.6 Å². The zero-order valence-electron chi connectivity index (χ0n) is 16.3. The molecule has 0 atom stereocenters. The van der Waals surface area contributed by atoms with E-state index in [1.807, 2.05) is 29.7 Å². The molecule has 1 N–H and O–H groups in total. The number of carbonyl (C=O) groups is 1. The third kappa shape index (κ3) is 3.41. The van der Waals surface area contributed by atoms with Crippen LogP contribution in [0.3, 0.4) is 0 Å². The Morgan fingerprint density at radius 1 is 1.32 bits per heavy atom. The van der Waals surface area contributed by atoms with Crippen LogP contribution in [0.2, 0.25) is 0 Å². The van der Waals surface area contributed by atoms with Crippen LogP contribution in [-0.4, -0.2) is 51.1 Å². The molecular weight excluding hydrogens is 360 g/mol. The lowest BCUT2D eigenvalue weighted by atomic mass is 10.1. The average molecular weight is 384 g/mol. The molecule has 3 heterocycles. The number of amides is 1. The predicted molar refractivity (Wildman–Crippen MR) is 105 cm³/mol. The van der Waals surface area contributed by atoms with E-state index in [0.717, 1.165) is 33.4 Å². The highest BCUT2D eigenvalue weighted by Gasteiger charge is 2.25. The summed E-state index contributed by atoms with van der Waals surface area (Å²) in [5.74, 6) is 0.735. The van der Waals surface area contributed by atoms with Crippen LogP contribution in [0.4, 0.5) is 10.5 Å². The number of hydrogen-bond acceptors (Lipinski definition) is 6. The standard InChI is InChI=1S/C20H24N4O4/c1-4-27-11-17-22-16-10-21-15-6-5-13(23-7-8-28-19(23)25)9-14(15)18(16)24(17)12-20(2,3)26/h5-6,9-10,26H,4,7-8,11-12H2,1-3H3. The van der Waals surface area contributed by atoms with Crippen LogP contribution in [0.25, 0.3) is 21.9 Å². The molecule has 1 saturated heterocycles. The van der Waals surface area contributed by atoms with Crippen molar-refractivity contribution < 1.29 is 19.4 Å². The zero-order chi connectivity index (χ0) is 19.9. The summed E-state index contributed by atoms with van der Waals surface area (Å²) in [6.45, 7) is 7.65. The quantitative estimate of drug-likeness (QED) is 0.703. The first-order valence-electron chi connectivity index (χ1n) is 9.39. The van der Waals surface area contributed by atoms with Crippen LogP contribution in [0.5, 0.6) is 0 Å². The Morgan fingerprint density at radius 3 is 2.82 bits per heavy atom. The van der Waals surface area contributed by atoms with Gasteiger partial charge in [0.25, 0.3) is 0 Å². The number of cyclic esters (lactones) is 1. The molecule has 1 aliphatic heterocycles. The molecule has 0 saturated carbocycles. The largest absolute Gasteiger partial charge is 0.447 e. The molecule has 8 heteroatoms. The van der Waals surface area contributed by atoms with Crippen LogP contribution in [0.1, 0.15) is 26.6 Å². The van der Waals surface area contributed by atoms with Gasteiger partial charge < -0.3 is 19.1 Å². The summed E-state index contributed by atoms with van der Waals surface area (Å²) in [6, 6.07) is 5.69. The van der Waals surface area contributed by atoms with Gasteiger partial charge in [-0.25, -0.2) is 9.78 Å². The first-order valence-corrected chi connectivity index (χ1v) is 9.39. The summed E-state index contributed by atoms with van der Waals surface area (Å²) in [5, 5.41) is 11.3. The number of imidazole rings is 1. The average Bonchev–Trinajstić information content (AvgIpc) is 3.22. The number of benzene rings is 1. The molecule has 8 nitrogen and oxygen atoms in total. The van der Waals surface area contributed by atoms with Gasteiger partial charge >= 0.3 is 6.09 Å². The van der Waals surface area contributed by atoms with Gasteiger partial charge in [-0.3, -0.25) is 9.88 Å². The molecule has 1 fully saturated rings. The van der Waals surface area contributed by atoms with E-state index < -0.39 is 5.60 Å². The number of fused-ring (bicyclic) bond motifs is 3. The zero-order valence-corrected chi connectivity index (χ0v) is 16.3. The van der Waals surface area contributed by atoms with Gasteiger partial charge in [0.2, 0.25) is 0 Å². The highest BCUT2D eigenvalue weighted by molar-refractivity contribution is 6.05. The number of hydrogen-bond donors (Lipinski definition) is 1. The number of nitrogens with zero attached hydrogens (tertiary/aromatic N) is 4. The summed E-state index contributed by atoms with van der Waals surface area (Å²) < 4.78 is 12.6. The van der Waals surface area contributed by atoms with Crippen molar-refractivity contribution in [3.05, 3.63) is 30.2 Å². The highest BCUT2D eigenvalue weighted by Crippen LogP contribution is 2.30. The van der Waals surface area contributed by atoms with Crippen LogP contribution < -0.4 is 4.90 Å². The van der Waals surface area contributed by atoms with Crippen molar-refractivity contribution >= 4 is 33.7 Å². The summed E-state index contributed by atoms with van der Waals surface area (Å²) in [4.78, 5) is 22.8. The van der Waals surface area contributed by atoms with E-state index in [1.165, 1.54) is 0 Å². The number of aliphatic hydroxyl groups is 1. The molecule has 1 amide bonds. The summed E-state index contributed by atoms with van der Waals surface area (Å²) in [5.41, 5.74) is 2.22. The third-order valence-electron chi connectivity index (χ3n) is 4.69. The van der Waals surface area contributed by atoms with E-state index in [1.54, 1.807) is 24.9 Å². The Morgan fingerprint density at radius 2 is 2.14 bits per heavy atom. The number of ether oxygens (including phenoxy) is 2.